The molecule has 0 bridgehead atoms. The molecule has 2 atom stereocenters. The van der Waals surface area contributed by atoms with E-state index in [1.165, 1.54) is 0 Å². The first-order chi connectivity index (χ1) is 8.25. The van der Waals surface area contributed by atoms with Gasteiger partial charge >= 0.3 is 5.97 Å². The number of carbonyl (C=O) groups is 1. The second-order valence-corrected chi connectivity index (χ2v) is 5.65. The molecule has 1 aliphatic rings. The van der Waals surface area contributed by atoms with Crippen LogP contribution in [0.4, 0.5) is 0 Å². The van der Waals surface area contributed by atoms with Crippen molar-refractivity contribution in [2.75, 3.05) is 6.61 Å². The first-order valence-electron chi connectivity index (χ1n) is 6.08. The summed E-state index contributed by atoms with van der Waals surface area (Å²) < 4.78 is 5.36. The van der Waals surface area contributed by atoms with Crippen LogP contribution in [-0.4, -0.2) is 12.6 Å². The molecular weight excluding hydrogens is 232 g/mol. The van der Waals surface area contributed by atoms with Gasteiger partial charge in [-0.15, -0.1) is 11.3 Å². The van der Waals surface area contributed by atoms with Gasteiger partial charge in [-0.1, -0.05) is 25.1 Å². The molecule has 0 aliphatic heterocycles. The van der Waals surface area contributed by atoms with Crippen molar-refractivity contribution in [2.45, 2.75) is 26.2 Å². The van der Waals surface area contributed by atoms with E-state index in [1.807, 2.05) is 17.5 Å². The number of thiophene rings is 1. The lowest BCUT2D eigenvalue weighted by atomic mass is 9.85. The molecule has 17 heavy (non-hydrogen) atoms. The van der Waals surface area contributed by atoms with Crippen molar-refractivity contribution in [3.05, 3.63) is 34.5 Å². The highest BCUT2D eigenvalue weighted by Gasteiger charge is 2.19. The molecule has 0 saturated carbocycles. The number of rotatable bonds is 4. The minimum absolute atomic E-state index is 0.103. The van der Waals surface area contributed by atoms with Crippen LogP contribution in [0.25, 0.3) is 0 Å². The third kappa shape index (κ3) is 3.70. The summed E-state index contributed by atoms with van der Waals surface area (Å²) in [5, 5.41) is 1.98. The van der Waals surface area contributed by atoms with Gasteiger partial charge in [0.25, 0.3) is 0 Å². The standard InChI is InChI=1S/C14H18O2S/c1-11-5-2-3-6-12(11)10-16-14(15)9-13-7-4-8-17-13/h2-4,7-8,11-12H,5-6,9-10H2,1H3. The Morgan fingerprint density at radius 1 is 1.47 bits per heavy atom. The zero-order valence-electron chi connectivity index (χ0n) is 10.1. The van der Waals surface area contributed by atoms with E-state index >= 15 is 0 Å². The molecule has 1 heterocycles. The fourth-order valence-electron chi connectivity index (χ4n) is 2.05. The molecule has 1 aliphatic carbocycles. The van der Waals surface area contributed by atoms with Crippen LogP contribution in [0.15, 0.2) is 29.7 Å². The molecule has 92 valence electrons. The van der Waals surface area contributed by atoms with Crippen LogP contribution in [0, 0.1) is 11.8 Å². The summed E-state index contributed by atoms with van der Waals surface area (Å²) in [7, 11) is 0. The van der Waals surface area contributed by atoms with Crippen molar-refractivity contribution >= 4 is 17.3 Å². The van der Waals surface area contributed by atoms with Crippen LogP contribution < -0.4 is 0 Å². The fourth-order valence-corrected chi connectivity index (χ4v) is 2.74. The zero-order chi connectivity index (χ0) is 12.1. The van der Waals surface area contributed by atoms with Gasteiger partial charge in [-0.3, -0.25) is 4.79 Å². The van der Waals surface area contributed by atoms with Crippen molar-refractivity contribution in [3.8, 4) is 0 Å². The van der Waals surface area contributed by atoms with Gasteiger partial charge in [0.2, 0.25) is 0 Å². The quantitative estimate of drug-likeness (QED) is 0.604. The molecule has 3 heteroatoms. The second-order valence-electron chi connectivity index (χ2n) is 4.62. The Morgan fingerprint density at radius 2 is 2.29 bits per heavy atom. The Balaban J connectivity index is 1.74. The fraction of sp³-hybridized carbons (Fsp3) is 0.500. The lowest BCUT2D eigenvalue weighted by Crippen LogP contribution is -2.22. The van der Waals surface area contributed by atoms with E-state index in [1.54, 1.807) is 11.3 Å². The summed E-state index contributed by atoms with van der Waals surface area (Å²) in [6.07, 6.45) is 6.96. The Hall–Kier alpha value is -1.09. The third-order valence-corrected chi connectivity index (χ3v) is 4.15. The maximum atomic E-state index is 11.6. The highest BCUT2D eigenvalue weighted by molar-refractivity contribution is 7.10. The average molecular weight is 250 g/mol. The van der Waals surface area contributed by atoms with E-state index in [9.17, 15) is 4.79 Å². The van der Waals surface area contributed by atoms with Gasteiger partial charge in [0.05, 0.1) is 13.0 Å². The molecule has 2 rings (SSSR count). The van der Waals surface area contributed by atoms with E-state index in [-0.39, 0.29) is 5.97 Å². The molecule has 0 spiro atoms. The Kier molecular flexibility index (Phi) is 4.37. The monoisotopic (exact) mass is 250 g/mol. The Bertz CT molecular complexity index is 381. The third-order valence-electron chi connectivity index (χ3n) is 3.28. The van der Waals surface area contributed by atoms with Gasteiger partial charge in [-0.05, 0) is 36.1 Å². The van der Waals surface area contributed by atoms with E-state index in [0.717, 1.165) is 17.7 Å². The summed E-state index contributed by atoms with van der Waals surface area (Å²) in [5.74, 6) is 1.01. The molecular formula is C14H18O2S. The average Bonchev–Trinajstić information content (AvgIpc) is 2.81. The second kappa shape index (κ2) is 6.01. The van der Waals surface area contributed by atoms with Gasteiger partial charge in [0, 0.05) is 4.88 Å². The molecule has 2 nitrogen and oxygen atoms in total. The molecule has 0 amide bonds. The first-order valence-corrected chi connectivity index (χ1v) is 6.96. The molecule has 0 aromatic carbocycles. The highest BCUT2D eigenvalue weighted by atomic mass is 32.1. The number of allylic oxidation sites excluding steroid dienone is 2. The zero-order valence-corrected chi connectivity index (χ0v) is 10.9. The lowest BCUT2D eigenvalue weighted by molar-refractivity contribution is -0.144. The SMILES string of the molecule is CC1CC=CCC1COC(=O)Cc1cccs1. The normalized spacial score (nSPS) is 23.6. The summed E-state index contributed by atoms with van der Waals surface area (Å²) >= 11 is 1.60. The molecule has 1 aromatic heterocycles. The Morgan fingerprint density at radius 3 is 3.00 bits per heavy atom. The van der Waals surface area contributed by atoms with Crippen molar-refractivity contribution in [1.82, 2.24) is 0 Å². The van der Waals surface area contributed by atoms with Crippen molar-refractivity contribution < 1.29 is 9.53 Å². The van der Waals surface area contributed by atoms with Gasteiger partial charge in [-0.2, -0.15) is 0 Å². The van der Waals surface area contributed by atoms with E-state index in [4.69, 9.17) is 4.74 Å². The lowest BCUT2D eigenvalue weighted by Gasteiger charge is -2.24. The van der Waals surface area contributed by atoms with Crippen LogP contribution >= 0.6 is 11.3 Å². The summed E-state index contributed by atoms with van der Waals surface area (Å²) in [6, 6.07) is 3.93. The largest absolute Gasteiger partial charge is 0.465 e. The number of hydrogen-bond acceptors (Lipinski definition) is 3. The predicted molar refractivity (Wildman–Crippen MR) is 70.0 cm³/mol. The summed E-state index contributed by atoms with van der Waals surface area (Å²) in [4.78, 5) is 12.7. The number of hydrogen-bond donors (Lipinski definition) is 0. The number of carbonyl (C=O) groups excluding carboxylic acids is 1. The molecule has 0 radical (unpaired) electrons. The summed E-state index contributed by atoms with van der Waals surface area (Å²) in [6.45, 7) is 2.79. The topological polar surface area (TPSA) is 26.3 Å². The summed E-state index contributed by atoms with van der Waals surface area (Å²) in [5.41, 5.74) is 0. The number of ether oxygens (including phenoxy) is 1. The van der Waals surface area contributed by atoms with E-state index in [2.05, 4.69) is 19.1 Å². The number of esters is 1. The molecule has 0 fully saturated rings. The van der Waals surface area contributed by atoms with Crippen molar-refractivity contribution in [1.29, 1.82) is 0 Å². The Labute approximate surface area is 106 Å². The smallest absolute Gasteiger partial charge is 0.311 e. The van der Waals surface area contributed by atoms with Crippen LogP contribution in [-0.2, 0) is 16.0 Å². The first kappa shape index (κ1) is 12.4. The van der Waals surface area contributed by atoms with Crippen LogP contribution in [0.1, 0.15) is 24.6 Å². The van der Waals surface area contributed by atoms with Gasteiger partial charge in [0.15, 0.2) is 0 Å². The maximum absolute atomic E-state index is 11.6. The minimum Gasteiger partial charge on any atom is -0.465 e. The minimum atomic E-state index is -0.103. The molecule has 2 unspecified atom stereocenters. The van der Waals surface area contributed by atoms with Crippen molar-refractivity contribution in [3.63, 3.8) is 0 Å². The van der Waals surface area contributed by atoms with Crippen molar-refractivity contribution in [2.24, 2.45) is 11.8 Å². The van der Waals surface area contributed by atoms with Gasteiger partial charge < -0.3 is 4.74 Å². The predicted octanol–water partition coefficient (Wildman–Crippen LogP) is 3.44. The van der Waals surface area contributed by atoms with E-state index in [0.29, 0.717) is 24.9 Å². The molecule has 0 saturated heterocycles. The van der Waals surface area contributed by atoms with Crippen LogP contribution in [0.3, 0.4) is 0 Å². The van der Waals surface area contributed by atoms with Gasteiger partial charge in [0.1, 0.15) is 0 Å². The van der Waals surface area contributed by atoms with Crippen LogP contribution in [0.2, 0.25) is 0 Å². The molecule has 0 N–H and O–H groups in total. The van der Waals surface area contributed by atoms with E-state index < -0.39 is 0 Å². The molecule has 1 aromatic rings. The van der Waals surface area contributed by atoms with Crippen LogP contribution in [0.5, 0.6) is 0 Å². The maximum Gasteiger partial charge on any atom is 0.311 e. The van der Waals surface area contributed by atoms with Gasteiger partial charge in [-0.25, -0.2) is 0 Å². The highest BCUT2D eigenvalue weighted by Crippen LogP contribution is 2.25.